The number of carbonyl (C=O) groups excluding carboxylic acids is 2. The van der Waals surface area contributed by atoms with Gasteiger partial charge in [0.05, 0.1) is 17.8 Å². The highest BCUT2D eigenvalue weighted by Gasteiger charge is 2.38. The van der Waals surface area contributed by atoms with Gasteiger partial charge in [-0.15, -0.1) is 0 Å². The van der Waals surface area contributed by atoms with E-state index in [1.807, 2.05) is 37.3 Å². The Labute approximate surface area is 179 Å². The van der Waals surface area contributed by atoms with Crippen molar-refractivity contribution in [2.24, 2.45) is 4.99 Å². The van der Waals surface area contributed by atoms with Crippen LogP contribution in [0.15, 0.2) is 53.5 Å². The van der Waals surface area contributed by atoms with Gasteiger partial charge in [0.15, 0.2) is 5.17 Å². The van der Waals surface area contributed by atoms with E-state index in [4.69, 9.17) is 16.3 Å². The number of rotatable bonds is 7. The van der Waals surface area contributed by atoms with Crippen LogP contribution in [0.2, 0.25) is 5.02 Å². The van der Waals surface area contributed by atoms with Gasteiger partial charge in [0, 0.05) is 18.7 Å². The first kappa shape index (κ1) is 21.2. The third kappa shape index (κ3) is 5.31. The molecule has 1 unspecified atom stereocenters. The van der Waals surface area contributed by atoms with Gasteiger partial charge in [0.25, 0.3) is 0 Å². The van der Waals surface area contributed by atoms with E-state index in [0.717, 1.165) is 12.1 Å². The number of methoxy groups -OCH3 is 1. The van der Waals surface area contributed by atoms with Crippen molar-refractivity contribution in [3.8, 4) is 5.75 Å². The molecule has 8 heteroatoms. The number of ether oxygens (including phenoxy) is 1. The van der Waals surface area contributed by atoms with E-state index in [1.54, 1.807) is 23.1 Å². The molecule has 0 radical (unpaired) electrons. The van der Waals surface area contributed by atoms with Gasteiger partial charge in [0.2, 0.25) is 11.8 Å². The molecule has 1 fully saturated rings. The Balaban J connectivity index is 1.70. The number of thioether (sulfide) groups is 1. The molecule has 0 aliphatic carbocycles. The van der Waals surface area contributed by atoms with Crippen LogP contribution in [0.25, 0.3) is 0 Å². The molecular weight excluding hydrogens is 410 g/mol. The second kappa shape index (κ2) is 9.80. The van der Waals surface area contributed by atoms with E-state index in [-0.39, 0.29) is 18.2 Å². The summed E-state index contributed by atoms with van der Waals surface area (Å²) in [6.45, 7) is 2.58. The van der Waals surface area contributed by atoms with Crippen LogP contribution in [-0.2, 0) is 9.59 Å². The summed E-state index contributed by atoms with van der Waals surface area (Å²) in [7, 11) is 1.53. The van der Waals surface area contributed by atoms with Gasteiger partial charge in [-0.25, -0.2) is 4.99 Å². The van der Waals surface area contributed by atoms with E-state index < -0.39 is 5.25 Å². The molecule has 152 valence electrons. The van der Waals surface area contributed by atoms with Crippen LogP contribution >= 0.6 is 23.4 Å². The smallest absolute Gasteiger partial charge is 0.242 e. The summed E-state index contributed by atoms with van der Waals surface area (Å²) in [5.41, 5.74) is 1.33. The molecule has 1 aliphatic rings. The maximum absolute atomic E-state index is 12.8. The van der Waals surface area contributed by atoms with Gasteiger partial charge in [-0.1, -0.05) is 48.5 Å². The molecule has 0 saturated carbocycles. The van der Waals surface area contributed by atoms with E-state index in [2.05, 4.69) is 10.3 Å². The zero-order chi connectivity index (χ0) is 20.8. The van der Waals surface area contributed by atoms with Gasteiger partial charge in [0.1, 0.15) is 11.0 Å². The quantitative estimate of drug-likeness (QED) is 0.688. The third-order valence-corrected chi connectivity index (χ3v) is 5.73. The van der Waals surface area contributed by atoms with Gasteiger partial charge in [-0.3, -0.25) is 14.5 Å². The second-order valence-electron chi connectivity index (χ2n) is 6.43. The maximum Gasteiger partial charge on any atom is 0.242 e. The summed E-state index contributed by atoms with van der Waals surface area (Å²) in [5, 5.41) is 3.33. The molecule has 1 aliphatic heterocycles. The molecule has 2 aromatic rings. The van der Waals surface area contributed by atoms with Crippen molar-refractivity contribution < 1.29 is 14.3 Å². The lowest BCUT2D eigenvalue weighted by molar-refractivity contribution is -0.128. The standard InChI is InChI=1S/C21H22ClN3O3S/c1-3-11-25-20(27)18(29-21(25)24-14-7-5-4-6-8-14)13-19(26)23-15-9-10-17(28-2)16(22)12-15/h4-10,12,18H,3,11,13H2,1-2H3,(H,23,26). The normalized spacial score (nSPS) is 17.6. The first-order valence-corrected chi connectivity index (χ1v) is 10.5. The number of amidine groups is 1. The number of benzene rings is 2. The number of hydrogen-bond acceptors (Lipinski definition) is 5. The molecular formula is C21H22ClN3O3S. The molecule has 0 spiro atoms. The number of hydrogen-bond donors (Lipinski definition) is 1. The van der Waals surface area contributed by atoms with Crippen LogP contribution in [0.1, 0.15) is 19.8 Å². The van der Waals surface area contributed by atoms with Crippen LogP contribution in [0.5, 0.6) is 5.75 Å². The molecule has 1 heterocycles. The number of amides is 2. The van der Waals surface area contributed by atoms with Crippen molar-refractivity contribution in [1.29, 1.82) is 0 Å². The van der Waals surface area contributed by atoms with Gasteiger partial charge >= 0.3 is 0 Å². The minimum atomic E-state index is -0.502. The van der Waals surface area contributed by atoms with Crippen molar-refractivity contribution in [2.75, 3.05) is 19.0 Å². The SMILES string of the molecule is CCCN1C(=O)C(CC(=O)Nc2ccc(OC)c(Cl)c2)SC1=Nc1ccccc1. The highest BCUT2D eigenvalue weighted by atomic mass is 35.5. The van der Waals surface area contributed by atoms with Crippen molar-refractivity contribution in [2.45, 2.75) is 25.0 Å². The highest BCUT2D eigenvalue weighted by molar-refractivity contribution is 8.15. The zero-order valence-electron chi connectivity index (χ0n) is 16.2. The van der Waals surface area contributed by atoms with Gasteiger partial charge in [-0.2, -0.15) is 0 Å². The lowest BCUT2D eigenvalue weighted by atomic mass is 10.2. The minimum absolute atomic E-state index is 0.0567. The fourth-order valence-electron chi connectivity index (χ4n) is 2.89. The fraction of sp³-hybridized carbons (Fsp3) is 0.286. The van der Waals surface area contributed by atoms with E-state index in [9.17, 15) is 9.59 Å². The number of halogens is 1. The fourth-order valence-corrected chi connectivity index (χ4v) is 4.33. The summed E-state index contributed by atoms with van der Waals surface area (Å²) < 4.78 is 5.11. The van der Waals surface area contributed by atoms with Crippen LogP contribution in [0.3, 0.4) is 0 Å². The predicted octanol–water partition coefficient (Wildman–Crippen LogP) is 4.72. The van der Waals surface area contributed by atoms with Crippen molar-refractivity contribution >= 4 is 51.7 Å². The first-order chi connectivity index (χ1) is 14.0. The Morgan fingerprint density at radius 1 is 1.28 bits per heavy atom. The first-order valence-electron chi connectivity index (χ1n) is 9.27. The predicted molar refractivity (Wildman–Crippen MR) is 118 cm³/mol. The molecule has 1 saturated heterocycles. The molecule has 1 atom stereocenters. The average Bonchev–Trinajstić information content (AvgIpc) is 2.98. The molecule has 2 amide bonds. The minimum Gasteiger partial charge on any atom is -0.495 e. The molecule has 1 N–H and O–H groups in total. The Bertz CT molecular complexity index is 921. The number of nitrogens with zero attached hydrogens (tertiary/aromatic N) is 2. The summed E-state index contributed by atoms with van der Waals surface area (Å²) >= 11 is 7.43. The summed E-state index contributed by atoms with van der Waals surface area (Å²) in [6, 6.07) is 14.5. The number of aliphatic imine (C=N–C) groups is 1. The number of nitrogens with one attached hydrogen (secondary N) is 1. The largest absolute Gasteiger partial charge is 0.495 e. The van der Waals surface area contributed by atoms with Crippen molar-refractivity contribution in [3.05, 3.63) is 53.6 Å². The molecule has 29 heavy (non-hydrogen) atoms. The van der Waals surface area contributed by atoms with E-state index >= 15 is 0 Å². The van der Waals surface area contributed by atoms with Crippen LogP contribution in [0, 0.1) is 0 Å². The topological polar surface area (TPSA) is 71.0 Å². The summed E-state index contributed by atoms with van der Waals surface area (Å²) in [6.07, 6.45) is 0.866. The monoisotopic (exact) mass is 431 g/mol. The Morgan fingerprint density at radius 3 is 2.69 bits per heavy atom. The molecule has 3 rings (SSSR count). The van der Waals surface area contributed by atoms with E-state index in [0.29, 0.717) is 28.2 Å². The van der Waals surface area contributed by atoms with Crippen molar-refractivity contribution in [3.63, 3.8) is 0 Å². The Hall–Kier alpha value is -2.51. The lowest BCUT2D eigenvalue weighted by Gasteiger charge is -2.15. The average molecular weight is 432 g/mol. The summed E-state index contributed by atoms with van der Waals surface area (Å²) in [5.74, 6) is 0.187. The molecule has 0 bridgehead atoms. The molecule has 0 aromatic heterocycles. The Kier molecular flexibility index (Phi) is 7.17. The Morgan fingerprint density at radius 2 is 2.03 bits per heavy atom. The molecule has 6 nitrogen and oxygen atoms in total. The zero-order valence-corrected chi connectivity index (χ0v) is 17.8. The maximum atomic E-state index is 12.8. The van der Waals surface area contributed by atoms with Gasteiger partial charge < -0.3 is 10.1 Å². The highest BCUT2D eigenvalue weighted by Crippen LogP contribution is 2.32. The summed E-state index contributed by atoms with van der Waals surface area (Å²) in [4.78, 5) is 31.6. The van der Waals surface area contributed by atoms with Crippen LogP contribution in [0.4, 0.5) is 11.4 Å². The third-order valence-electron chi connectivity index (χ3n) is 4.25. The second-order valence-corrected chi connectivity index (χ2v) is 8.01. The number of para-hydroxylation sites is 1. The van der Waals surface area contributed by atoms with Gasteiger partial charge in [-0.05, 0) is 36.8 Å². The van der Waals surface area contributed by atoms with Crippen LogP contribution < -0.4 is 10.1 Å². The lowest BCUT2D eigenvalue weighted by Crippen LogP contribution is -2.34. The van der Waals surface area contributed by atoms with E-state index in [1.165, 1.54) is 18.9 Å². The number of carbonyl (C=O) groups is 2. The van der Waals surface area contributed by atoms with Crippen LogP contribution in [-0.4, -0.2) is 40.8 Å². The molecule has 2 aromatic carbocycles. The number of anilines is 1. The van der Waals surface area contributed by atoms with Crippen molar-refractivity contribution in [1.82, 2.24) is 4.90 Å².